The quantitative estimate of drug-likeness (QED) is 0.612. The van der Waals surface area contributed by atoms with Gasteiger partial charge in [0.2, 0.25) is 5.91 Å². The molecule has 0 radical (unpaired) electrons. The standard InChI is InChI=1S/C19H15BrF2N2O2/c1-11-8-13(3-5-15(11)20)24-18(25)6-7-19-23-10-17(26-19)14-4-2-12(21)9-16(14)22/h2-5,8-10H,6-7H2,1H3,(H,24,25). The highest BCUT2D eigenvalue weighted by Crippen LogP contribution is 2.25. The van der Waals surface area contributed by atoms with Crippen LogP contribution in [0.1, 0.15) is 17.9 Å². The average molecular weight is 421 g/mol. The highest BCUT2D eigenvalue weighted by molar-refractivity contribution is 9.10. The summed E-state index contributed by atoms with van der Waals surface area (Å²) in [6, 6.07) is 8.75. The molecule has 1 amide bonds. The van der Waals surface area contributed by atoms with Crippen LogP contribution in [0.25, 0.3) is 11.3 Å². The Bertz CT molecular complexity index is 956. The van der Waals surface area contributed by atoms with Gasteiger partial charge < -0.3 is 9.73 Å². The number of carbonyl (C=O) groups excluding carboxylic acids is 1. The Kier molecular flexibility index (Phi) is 5.46. The molecule has 1 aromatic heterocycles. The summed E-state index contributed by atoms with van der Waals surface area (Å²) in [7, 11) is 0. The first-order valence-electron chi connectivity index (χ1n) is 7.88. The first-order chi connectivity index (χ1) is 12.4. The van der Waals surface area contributed by atoms with Gasteiger partial charge in [0.1, 0.15) is 11.6 Å². The Labute approximate surface area is 157 Å². The number of nitrogens with zero attached hydrogens (tertiary/aromatic N) is 1. The van der Waals surface area contributed by atoms with Crippen molar-refractivity contribution in [3.8, 4) is 11.3 Å². The monoisotopic (exact) mass is 420 g/mol. The van der Waals surface area contributed by atoms with Gasteiger partial charge in [-0.2, -0.15) is 0 Å². The molecule has 0 saturated carbocycles. The minimum atomic E-state index is -0.726. The zero-order valence-corrected chi connectivity index (χ0v) is 15.4. The number of hydrogen-bond donors (Lipinski definition) is 1. The van der Waals surface area contributed by atoms with E-state index in [0.717, 1.165) is 22.2 Å². The van der Waals surface area contributed by atoms with Crippen molar-refractivity contribution in [2.75, 3.05) is 5.32 Å². The molecular weight excluding hydrogens is 406 g/mol. The molecule has 0 spiro atoms. The number of halogens is 3. The van der Waals surface area contributed by atoms with Gasteiger partial charge >= 0.3 is 0 Å². The molecule has 0 aliphatic carbocycles. The molecule has 1 N–H and O–H groups in total. The maximum absolute atomic E-state index is 13.8. The van der Waals surface area contributed by atoms with Crippen molar-refractivity contribution in [3.63, 3.8) is 0 Å². The van der Waals surface area contributed by atoms with Crippen LogP contribution in [0.15, 0.2) is 51.5 Å². The highest BCUT2D eigenvalue weighted by atomic mass is 79.9. The summed E-state index contributed by atoms with van der Waals surface area (Å²) in [5.41, 5.74) is 1.85. The van der Waals surface area contributed by atoms with Crippen LogP contribution < -0.4 is 5.32 Å². The predicted molar refractivity (Wildman–Crippen MR) is 97.7 cm³/mol. The molecule has 134 valence electrons. The van der Waals surface area contributed by atoms with Crippen LogP contribution in [0.5, 0.6) is 0 Å². The smallest absolute Gasteiger partial charge is 0.224 e. The number of carbonyl (C=O) groups is 1. The average Bonchev–Trinajstić information content (AvgIpc) is 3.05. The van der Waals surface area contributed by atoms with Gasteiger partial charge in [-0.15, -0.1) is 0 Å². The van der Waals surface area contributed by atoms with Crippen molar-refractivity contribution >= 4 is 27.5 Å². The van der Waals surface area contributed by atoms with Gasteiger partial charge in [0.25, 0.3) is 0 Å². The van der Waals surface area contributed by atoms with E-state index in [4.69, 9.17) is 4.42 Å². The molecule has 7 heteroatoms. The number of nitrogens with one attached hydrogen (secondary N) is 1. The zero-order chi connectivity index (χ0) is 18.7. The minimum absolute atomic E-state index is 0.125. The molecule has 0 aliphatic rings. The summed E-state index contributed by atoms with van der Waals surface area (Å²) in [5.74, 6) is -1.06. The number of anilines is 1. The molecule has 0 saturated heterocycles. The normalized spacial score (nSPS) is 10.8. The van der Waals surface area contributed by atoms with Crippen LogP contribution in [0.3, 0.4) is 0 Å². The number of hydrogen-bond acceptors (Lipinski definition) is 3. The van der Waals surface area contributed by atoms with E-state index < -0.39 is 11.6 Å². The lowest BCUT2D eigenvalue weighted by Crippen LogP contribution is -2.12. The third-order valence-corrected chi connectivity index (χ3v) is 4.65. The van der Waals surface area contributed by atoms with E-state index in [1.54, 1.807) is 6.07 Å². The maximum Gasteiger partial charge on any atom is 0.224 e. The van der Waals surface area contributed by atoms with E-state index in [1.165, 1.54) is 12.3 Å². The second-order valence-corrected chi connectivity index (χ2v) is 6.61. The Morgan fingerprint density at radius 3 is 2.77 bits per heavy atom. The van der Waals surface area contributed by atoms with E-state index in [2.05, 4.69) is 26.2 Å². The summed E-state index contributed by atoms with van der Waals surface area (Å²) in [4.78, 5) is 16.1. The summed E-state index contributed by atoms with van der Waals surface area (Å²) in [6.07, 6.45) is 1.80. The van der Waals surface area contributed by atoms with E-state index >= 15 is 0 Å². The van der Waals surface area contributed by atoms with Crippen molar-refractivity contribution in [1.82, 2.24) is 4.98 Å². The van der Waals surface area contributed by atoms with Crippen LogP contribution in [0, 0.1) is 18.6 Å². The Morgan fingerprint density at radius 1 is 1.23 bits per heavy atom. The number of benzene rings is 2. The molecule has 0 bridgehead atoms. The Balaban J connectivity index is 1.60. The van der Waals surface area contributed by atoms with Gasteiger partial charge in [0, 0.05) is 29.1 Å². The molecule has 26 heavy (non-hydrogen) atoms. The van der Waals surface area contributed by atoms with Gasteiger partial charge in [0.05, 0.1) is 11.8 Å². The molecule has 1 heterocycles. The molecule has 0 aliphatic heterocycles. The molecule has 2 aromatic carbocycles. The van der Waals surface area contributed by atoms with Gasteiger partial charge in [-0.25, -0.2) is 13.8 Å². The van der Waals surface area contributed by atoms with Crippen molar-refractivity contribution in [2.24, 2.45) is 0 Å². The number of oxazole rings is 1. The summed E-state index contributed by atoms with van der Waals surface area (Å²) in [6.45, 7) is 1.93. The number of aryl methyl sites for hydroxylation is 2. The van der Waals surface area contributed by atoms with E-state index in [1.807, 2.05) is 19.1 Å². The Hall–Kier alpha value is -2.54. The predicted octanol–water partition coefficient (Wildman–Crippen LogP) is 5.26. The Morgan fingerprint density at radius 2 is 2.04 bits per heavy atom. The lowest BCUT2D eigenvalue weighted by atomic mass is 10.2. The van der Waals surface area contributed by atoms with Crippen LogP contribution in [0.4, 0.5) is 14.5 Å². The lowest BCUT2D eigenvalue weighted by molar-refractivity contribution is -0.116. The topological polar surface area (TPSA) is 55.1 Å². The van der Waals surface area contributed by atoms with Crippen molar-refractivity contribution in [1.29, 1.82) is 0 Å². The van der Waals surface area contributed by atoms with E-state index in [9.17, 15) is 13.6 Å². The molecule has 4 nitrogen and oxygen atoms in total. The summed E-state index contributed by atoms with van der Waals surface area (Å²) in [5, 5.41) is 2.80. The third-order valence-electron chi connectivity index (χ3n) is 3.76. The fraction of sp³-hybridized carbons (Fsp3) is 0.158. The number of aromatic nitrogens is 1. The molecule has 3 rings (SSSR count). The molecule has 0 atom stereocenters. The lowest BCUT2D eigenvalue weighted by Gasteiger charge is -2.06. The fourth-order valence-corrected chi connectivity index (χ4v) is 2.65. The highest BCUT2D eigenvalue weighted by Gasteiger charge is 2.13. The van der Waals surface area contributed by atoms with Crippen molar-refractivity contribution < 1.29 is 18.0 Å². The third kappa shape index (κ3) is 4.35. The van der Waals surface area contributed by atoms with Crippen LogP contribution in [-0.4, -0.2) is 10.9 Å². The number of amides is 1. The van der Waals surface area contributed by atoms with Crippen LogP contribution in [-0.2, 0) is 11.2 Å². The first kappa shape index (κ1) is 18.3. The summed E-state index contributed by atoms with van der Waals surface area (Å²) >= 11 is 3.41. The van der Waals surface area contributed by atoms with Gasteiger partial charge in [0.15, 0.2) is 11.7 Å². The molecule has 0 fully saturated rings. The second kappa shape index (κ2) is 7.78. The van der Waals surface area contributed by atoms with Gasteiger partial charge in [-0.1, -0.05) is 15.9 Å². The fourth-order valence-electron chi connectivity index (χ4n) is 2.41. The SMILES string of the molecule is Cc1cc(NC(=O)CCc2ncc(-c3ccc(F)cc3F)o2)ccc1Br. The zero-order valence-electron chi connectivity index (χ0n) is 13.9. The van der Waals surface area contributed by atoms with Gasteiger partial charge in [-0.3, -0.25) is 4.79 Å². The van der Waals surface area contributed by atoms with Crippen molar-refractivity contribution in [2.45, 2.75) is 19.8 Å². The summed E-state index contributed by atoms with van der Waals surface area (Å²) < 4.78 is 33.2. The molecular formula is C19H15BrF2N2O2. The van der Waals surface area contributed by atoms with E-state index in [-0.39, 0.29) is 30.1 Å². The molecule has 0 unspecified atom stereocenters. The maximum atomic E-state index is 13.8. The number of rotatable bonds is 5. The minimum Gasteiger partial charge on any atom is -0.441 e. The second-order valence-electron chi connectivity index (χ2n) is 5.75. The van der Waals surface area contributed by atoms with Gasteiger partial charge in [-0.05, 0) is 42.8 Å². The van der Waals surface area contributed by atoms with Crippen molar-refractivity contribution in [3.05, 3.63) is 70.2 Å². The van der Waals surface area contributed by atoms with Crippen LogP contribution in [0.2, 0.25) is 0 Å². The molecule has 3 aromatic rings. The van der Waals surface area contributed by atoms with Crippen LogP contribution >= 0.6 is 15.9 Å². The largest absolute Gasteiger partial charge is 0.441 e. The first-order valence-corrected chi connectivity index (χ1v) is 8.68. The van der Waals surface area contributed by atoms with E-state index in [0.29, 0.717) is 11.6 Å².